The molecule has 4 aromatic rings. The Hall–Kier alpha value is -3.66. The standard InChI is InChI=1S/C20H20N4O.C2HF3O2/c1-23-18-10-5-3-8-16(18)22-19(20(23)25)15-13-24(12-6-11-21)17-9-4-2-7-14(15)17;3-2(4,5)1(6)7/h2-5,7-10,13H,6,11-12,21H2,1H3;(H,6,7). The van der Waals surface area contributed by atoms with E-state index in [1.54, 1.807) is 11.6 Å². The molecule has 0 radical (unpaired) electrons. The van der Waals surface area contributed by atoms with Gasteiger partial charge in [-0.25, -0.2) is 4.98 Å². The summed E-state index contributed by atoms with van der Waals surface area (Å²) >= 11 is 0. The highest BCUT2D eigenvalue weighted by atomic mass is 19.4. The van der Waals surface area contributed by atoms with Crippen molar-refractivity contribution in [3.8, 4) is 11.3 Å². The molecule has 32 heavy (non-hydrogen) atoms. The van der Waals surface area contributed by atoms with Crippen molar-refractivity contribution in [3.63, 3.8) is 0 Å². The SMILES string of the molecule is Cn1c(=O)c(-c2cn(CCC[NH3+])c3ccccc23)nc2ccccc21.O=C([O-])C(F)(F)F. The van der Waals surface area contributed by atoms with E-state index in [-0.39, 0.29) is 5.56 Å². The Morgan fingerprint density at radius 1 is 1.09 bits per heavy atom. The van der Waals surface area contributed by atoms with Crippen LogP contribution in [0.15, 0.2) is 59.5 Å². The van der Waals surface area contributed by atoms with Crippen LogP contribution in [0.1, 0.15) is 6.42 Å². The molecule has 0 unspecified atom stereocenters. The molecular weight excluding hydrogens is 425 g/mol. The zero-order valence-corrected chi connectivity index (χ0v) is 17.2. The van der Waals surface area contributed by atoms with Gasteiger partial charge in [-0.3, -0.25) is 4.79 Å². The van der Waals surface area contributed by atoms with Crippen LogP contribution < -0.4 is 16.4 Å². The molecule has 0 aliphatic heterocycles. The van der Waals surface area contributed by atoms with Crippen molar-refractivity contribution in [1.82, 2.24) is 14.1 Å². The van der Waals surface area contributed by atoms with Gasteiger partial charge in [-0.2, -0.15) is 13.2 Å². The molecule has 0 aliphatic carbocycles. The lowest BCUT2D eigenvalue weighted by Crippen LogP contribution is -2.50. The number of quaternary nitrogens is 1. The number of benzene rings is 2. The van der Waals surface area contributed by atoms with Gasteiger partial charge in [0.15, 0.2) is 0 Å². The second-order valence-corrected chi connectivity index (χ2v) is 7.06. The van der Waals surface area contributed by atoms with Crippen LogP contribution in [0, 0.1) is 0 Å². The minimum Gasteiger partial charge on any atom is -0.542 e. The van der Waals surface area contributed by atoms with E-state index in [1.165, 1.54) is 0 Å². The van der Waals surface area contributed by atoms with E-state index >= 15 is 0 Å². The van der Waals surface area contributed by atoms with Gasteiger partial charge in [0.2, 0.25) is 0 Å². The van der Waals surface area contributed by atoms with E-state index in [1.807, 2.05) is 36.4 Å². The maximum absolute atomic E-state index is 12.9. The van der Waals surface area contributed by atoms with Gasteiger partial charge in [-0.15, -0.1) is 0 Å². The number of carboxylic acids is 1. The van der Waals surface area contributed by atoms with Gasteiger partial charge in [0.1, 0.15) is 11.7 Å². The van der Waals surface area contributed by atoms with E-state index in [9.17, 15) is 18.0 Å². The lowest BCUT2D eigenvalue weighted by Gasteiger charge is -2.07. The first-order valence-corrected chi connectivity index (χ1v) is 9.76. The van der Waals surface area contributed by atoms with Gasteiger partial charge in [0, 0.05) is 42.7 Å². The summed E-state index contributed by atoms with van der Waals surface area (Å²) in [6.07, 6.45) is -2.14. The number of aryl methyl sites for hydroxylation is 2. The van der Waals surface area contributed by atoms with Crippen LogP contribution in [0.5, 0.6) is 0 Å². The molecule has 0 fully saturated rings. The topological polar surface area (TPSA) is 108 Å². The fourth-order valence-electron chi connectivity index (χ4n) is 3.36. The molecule has 4 rings (SSSR count). The number of hydrogen-bond donors (Lipinski definition) is 1. The number of alkyl halides is 3. The first-order chi connectivity index (χ1) is 15.1. The summed E-state index contributed by atoms with van der Waals surface area (Å²) in [5, 5.41) is 9.85. The number of rotatable bonds is 4. The second-order valence-electron chi connectivity index (χ2n) is 7.06. The van der Waals surface area contributed by atoms with E-state index in [0.29, 0.717) is 5.69 Å². The quantitative estimate of drug-likeness (QED) is 0.512. The molecule has 0 bridgehead atoms. The molecule has 0 saturated heterocycles. The van der Waals surface area contributed by atoms with Crippen LogP contribution in [0.4, 0.5) is 13.2 Å². The largest absolute Gasteiger partial charge is 0.542 e. The van der Waals surface area contributed by atoms with Crippen molar-refractivity contribution in [2.75, 3.05) is 6.54 Å². The van der Waals surface area contributed by atoms with Crippen LogP contribution in [0.3, 0.4) is 0 Å². The summed E-state index contributed by atoms with van der Waals surface area (Å²) in [4.78, 5) is 26.4. The molecule has 7 nitrogen and oxygen atoms in total. The van der Waals surface area contributed by atoms with Crippen molar-refractivity contribution in [2.24, 2.45) is 7.05 Å². The fourth-order valence-corrected chi connectivity index (χ4v) is 3.36. The van der Waals surface area contributed by atoms with Crippen molar-refractivity contribution < 1.29 is 28.8 Å². The first-order valence-electron chi connectivity index (χ1n) is 9.76. The average molecular weight is 446 g/mol. The van der Waals surface area contributed by atoms with E-state index < -0.39 is 12.1 Å². The lowest BCUT2D eigenvalue weighted by molar-refractivity contribution is -0.368. The van der Waals surface area contributed by atoms with Crippen LogP contribution in [0.25, 0.3) is 33.2 Å². The molecule has 0 saturated carbocycles. The third kappa shape index (κ3) is 4.65. The van der Waals surface area contributed by atoms with Gasteiger partial charge in [0.05, 0.1) is 17.6 Å². The van der Waals surface area contributed by atoms with E-state index in [4.69, 9.17) is 14.9 Å². The highest BCUT2D eigenvalue weighted by Gasteiger charge is 2.28. The Morgan fingerprint density at radius 2 is 1.69 bits per heavy atom. The normalized spacial score (nSPS) is 11.4. The number of halogens is 3. The average Bonchev–Trinajstić information content (AvgIpc) is 3.13. The second kappa shape index (κ2) is 9.23. The Morgan fingerprint density at radius 3 is 2.31 bits per heavy atom. The summed E-state index contributed by atoms with van der Waals surface area (Å²) in [5.41, 5.74) is 8.06. The van der Waals surface area contributed by atoms with Gasteiger partial charge < -0.3 is 24.8 Å². The third-order valence-electron chi connectivity index (χ3n) is 4.91. The molecule has 0 amide bonds. The summed E-state index contributed by atoms with van der Waals surface area (Å²) < 4.78 is 35.4. The number of fused-ring (bicyclic) bond motifs is 2. The van der Waals surface area contributed by atoms with Gasteiger partial charge in [0.25, 0.3) is 5.56 Å². The number of para-hydroxylation sites is 3. The molecule has 2 aromatic carbocycles. The molecule has 2 heterocycles. The highest BCUT2D eigenvalue weighted by molar-refractivity contribution is 5.95. The van der Waals surface area contributed by atoms with E-state index in [2.05, 4.69) is 28.6 Å². The number of carboxylic acid groups (broad SMARTS) is 1. The Bertz CT molecular complexity index is 1330. The van der Waals surface area contributed by atoms with Crippen molar-refractivity contribution >= 4 is 27.9 Å². The lowest BCUT2D eigenvalue weighted by atomic mass is 10.1. The summed E-state index contributed by atoms with van der Waals surface area (Å²) in [5.74, 6) is -3.01. The maximum Gasteiger partial charge on any atom is 0.430 e. The molecule has 3 N–H and O–H groups in total. The van der Waals surface area contributed by atoms with E-state index in [0.717, 1.165) is 47.0 Å². The maximum atomic E-state index is 12.9. The van der Waals surface area contributed by atoms with Crippen LogP contribution in [-0.2, 0) is 18.4 Å². The van der Waals surface area contributed by atoms with Gasteiger partial charge in [-0.05, 0) is 18.2 Å². The number of aromatic nitrogens is 3. The number of carbonyl (C=O) groups is 1. The van der Waals surface area contributed by atoms with Crippen molar-refractivity contribution in [3.05, 3.63) is 65.1 Å². The van der Waals surface area contributed by atoms with Crippen LogP contribution >= 0.6 is 0 Å². The van der Waals surface area contributed by atoms with Crippen molar-refractivity contribution in [2.45, 2.75) is 19.1 Å². The number of hydrogen-bond acceptors (Lipinski definition) is 4. The van der Waals surface area contributed by atoms with Gasteiger partial charge >= 0.3 is 6.18 Å². The summed E-state index contributed by atoms with van der Waals surface area (Å²) in [6, 6.07) is 15.9. The number of carbonyl (C=O) groups excluding carboxylic acids is 1. The molecular formula is C22H21F3N4O3. The van der Waals surface area contributed by atoms with Gasteiger partial charge in [-0.1, -0.05) is 30.3 Å². The Labute approximate surface area is 180 Å². The molecule has 0 aliphatic rings. The minimum absolute atomic E-state index is 0.0706. The number of nitrogens with zero attached hydrogens (tertiary/aromatic N) is 3. The van der Waals surface area contributed by atoms with Crippen LogP contribution in [-0.4, -0.2) is 32.8 Å². The highest BCUT2D eigenvalue weighted by Crippen LogP contribution is 2.28. The molecule has 10 heteroatoms. The molecule has 0 atom stereocenters. The monoisotopic (exact) mass is 446 g/mol. The third-order valence-corrected chi connectivity index (χ3v) is 4.91. The predicted molar refractivity (Wildman–Crippen MR) is 111 cm³/mol. The predicted octanol–water partition coefficient (Wildman–Crippen LogP) is 1.49. The van der Waals surface area contributed by atoms with Crippen LogP contribution in [0.2, 0.25) is 0 Å². The fraction of sp³-hybridized carbons (Fsp3) is 0.227. The molecule has 0 spiro atoms. The molecule has 2 aromatic heterocycles. The smallest absolute Gasteiger partial charge is 0.430 e. The summed E-state index contributed by atoms with van der Waals surface area (Å²) in [6.45, 7) is 1.77. The molecule has 168 valence electrons. The first kappa shape index (κ1) is 23.0. The Balaban J connectivity index is 0.000000360. The summed E-state index contributed by atoms with van der Waals surface area (Å²) in [7, 11) is 1.80. The Kier molecular flexibility index (Phi) is 6.64. The van der Waals surface area contributed by atoms with Crippen molar-refractivity contribution in [1.29, 1.82) is 0 Å². The zero-order valence-electron chi connectivity index (χ0n) is 17.2. The zero-order chi connectivity index (χ0) is 23.5. The number of aliphatic carboxylic acids is 1. The minimum atomic E-state index is -5.19.